The van der Waals surface area contributed by atoms with Crippen LogP contribution in [0.3, 0.4) is 0 Å². The average molecular weight is 406 g/mol. The number of carbonyl (C=O) groups is 1. The standard InChI is InChI=1S/C22H39N5O2/c1-8-23-22(24-12-9-13-27(16(2)3)17(4)5)25-15-19-10-11-21(29-7)20(14-19)26-18(6)28/h10-11,14,16-17H,8-9,12-13,15H2,1-7H3,(H,26,28)(H2,23,24,25). The number of nitrogens with one attached hydrogen (secondary N) is 3. The van der Waals surface area contributed by atoms with Crippen molar-refractivity contribution in [3.8, 4) is 5.75 Å². The molecule has 1 amide bonds. The number of ether oxygens (including phenoxy) is 1. The van der Waals surface area contributed by atoms with E-state index in [1.165, 1.54) is 6.92 Å². The number of benzene rings is 1. The van der Waals surface area contributed by atoms with Crippen LogP contribution in [0.2, 0.25) is 0 Å². The van der Waals surface area contributed by atoms with Crippen molar-refractivity contribution in [1.82, 2.24) is 15.5 Å². The highest BCUT2D eigenvalue weighted by Gasteiger charge is 2.12. The lowest BCUT2D eigenvalue weighted by Gasteiger charge is -2.30. The molecule has 0 aliphatic rings. The van der Waals surface area contributed by atoms with E-state index in [1.807, 2.05) is 18.2 Å². The highest BCUT2D eigenvalue weighted by molar-refractivity contribution is 5.90. The number of nitrogens with zero attached hydrogens (tertiary/aromatic N) is 2. The number of amides is 1. The van der Waals surface area contributed by atoms with Crippen molar-refractivity contribution in [2.45, 2.75) is 66.6 Å². The normalized spacial score (nSPS) is 11.9. The zero-order chi connectivity index (χ0) is 21.8. The van der Waals surface area contributed by atoms with Gasteiger partial charge in [0.1, 0.15) is 5.75 Å². The minimum atomic E-state index is -0.129. The first-order chi connectivity index (χ1) is 13.8. The van der Waals surface area contributed by atoms with E-state index in [9.17, 15) is 4.79 Å². The van der Waals surface area contributed by atoms with Gasteiger partial charge < -0.3 is 20.7 Å². The first kappa shape index (κ1) is 24.8. The Morgan fingerprint density at radius 1 is 1.17 bits per heavy atom. The molecular weight excluding hydrogens is 366 g/mol. The number of guanidine groups is 1. The molecule has 0 fully saturated rings. The molecule has 1 aromatic carbocycles. The van der Waals surface area contributed by atoms with Gasteiger partial charge in [-0.3, -0.25) is 9.69 Å². The number of anilines is 1. The average Bonchev–Trinajstić information content (AvgIpc) is 2.64. The van der Waals surface area contributed by atoms with Crippen molar-refractivity contribution in [3.05, 3.63) is 23.8 Å². The van der Waals surface area contributed by atoms with E-state index >= 15 is 0 Å². The van der Waals surface area contributed by atoms with Crippen LogP contribution >= 0.6 is 0 Å². The Kier molecular flexibility index (Phi) is 11.1. The van der Waals surface area contributed by atoms with Gasteiger partial charge in [0.2, 0.25) is 5.91 Å². The Balaban J connectivity index is 2.68. The van der Waals surface area contributed by atoms with Crippen molar-refractivity contribution in [3.63, 3.8) is 0 Å². The van der Waals surface area contributed by atoms with Gasteiger partial charge in [0, 0.05) is 38.6 Å². The van der Waals surface area contributed by atoms with E-state index in [4.69, 9.17) is 4.74 Å². The molecule has 164 valence electrons. The predicted octanol–water partition coefficient (Wildman–Crippen LogP) is 3.22. The fourth-order valence-corrected chi connectivity index (χ4v) is 3.23. The van der Waals surface area contributed by atoms with Gasteiger partial charge in [-0.2, -0.15) is 0 Å². The Hall–Kier alpha value is -2.28. The molecule has 7 heteroatoms. The second-order valence-corrected chi connectivity index (χ2v) is 7.62. The van der Waals surface area contributed by atoms with E-state index in [2.05, 4.69) is 60.5 Å². The maximum absolute atomic E-state index is 11.4. The molecule has 0 aliphatic carbocycles. The topological polar surface area (TPSA) is 78.0 Å². The van der Waals surface area contributed by atoms with Gasteiger partial charge in [0.25, 0.3) is 0 Å². The highest BCUT2D eigenvalue weighted by Crippen LogP contribution is 2.25. The zero-order valence-electron chi connectivity index (χ0n) is 19.1. The van der Waals surface area contributed by atoms with Crippen LogP contribution in [0.1, 0.15) is 53.5 Å². The second-order valence-electron chi connectivity index (χ2n) is 7.62. The first-order valence-corrected chi connectivity index (χ1v) is 10.5. The van der Waals surface area contributed by atoms with E-state index in [0.717, 1.165) is 37.6 Å². The van der Waals surface area contributed by atoms with Crippen molar-refractivity contribution >= 4 is 17.6 Å². The number of carbonyl (C=O) groups excluding carboxylic acids is 1. The summed E-state index contributed by atoms with van der Waals surface area (Å²) in [4.78, 5) is 18.6. The van der Waals surface area contributed by atoms with Gasteiger partial charge in [0.05, 0.1) is 19.3 Å². The first-order valence-electron chi connectivity index (χ1n) is 10.5. The summed E-state index contributed by atoms with van der Waals surface area (Å²) in [5, 5.41) is 9.50. The molecule has 3 N–H and O–H groups in total. The van der Waals surface area contributed by atoms with E-state index in [-0.39, 0.29) is 5.91 Å². The van der Waals surface area contributed by atoms with E-state index in [0.29, 0.717) is 30.1 Å². The molecule has 0 spiro atoms. The monoisotopic (exact) mass is 405 g/mol. The summed E-state index contributed by atoms with van der Waals surface area (Å²) < 4.78 is 5.30. The molecule has 0 saturated heterocycles. The molecule has 0 atom stereocenters. The fourth-order valence-electron chi connectivity index (χ4n) is 3.23. The van der Waals surface area contributed by atoms with Crippen LogP contribution in [0.4, 0.5) is 5.69 Å². The van der Waals surface area contributed by atoms with Gasteiger partial charge in [-0.25, -0.2) is 4.99 Å². The molecule has 0 radical (unpaired) electrons. The smallest absolute Gasteiger partial charge is 0.221 e. The second kappa shape index (κ2) is 13.0. The van der Waals surface area contributed by atoms with Crippen molar-refractivity contribution < 1.29 is 9.53 Å². The molecule has 7 nitrogen and oxygen atoms in total. The molecule has 0 aliphatic heterocycles. The minimum Gasteiger partial charge on any atom is -0.495 e. The highest BCUT2D eigenvalue weighted by atomic mass is 16.5. The van der Waals surface area contributed by atoms with Crippen LogP contribution in [0, 0.1) is 0 Å². The van der Waals surface area contributed by atoms with Crippen molar-refractivity contribution in [2.24, 2.45) is 4.99 Å². The van der Waals surface area contributed by atoms with Crippen LogP contribution in [0.5, 0.6) is 5.75 Å². The van der Waals surface area contributed by atoms with Gasteiger partial charge in [-0.15, -0.1) is 0 Å². The van der Waals surface area contributed by atoms with E-state index in [1.54, 1.807) is 7.11 Å². The fraction of sp³-hybridized carbons (Fsp3) is 0.636. The van der Waals surface area contributed by atoms with Crippen LogP contribution in [0.15, 0.2) is 23.2 Å². The number of hydrogen-bond donors (Lipinski definition) is 3. The lowest BCUT2D eigenvalue weighted by molar-refractivity contribution is -0.114. The van der Waals surface area contributed by atoms with Gasteiger partial charge in [0.15, 0.2) is 5.96 Å². The summed E-state index contributed by atoms with van der Waals surface area (Å²) in [7, 11) is 1.59. The molecule has 0 heterocycles. The van der Waals surface area contributed by atoms with Gasteiger partial charge in [-0.05, 0) is 58.7 Å². The predicted molar refractivity (Wildman–Crippen MR) is 122 cm³/mol. The van der Waals surface area contributed by atoms with Crippen LogP contribution in [-0.4, -0.2) is 55.6 Å². The molecule has 1 rings (SSSR count). The number of rotatable bonds is 11. The van der Waals surface area contributed by atoms with Crippen LogP contribution < -0.4 is 20.7 Å². The third kappa shape index (κ3) is 9.17. The molecule has 0 unspecified atom stereocenters. The molecule has 29 heavy (non-hydrogen) atoms. The van der Waals surface area contributed by atoms with Crippen molar-refractivity contribution in [1.29, 1.82) is 0 Å². The molecular formula is C22H39N5O2. The SMILES string of the molecule is CCNC(=NCc1ccc(OC)c(NC(C)=O)c1)NCCCN(C(C)C)C(C)C. The molecule has 0 saturated carbocycles. The molecule has 0 bridgehead atoms. The largest absolute Gasteiger partial charge is 0.495 e. The maximum Gasteiger partial charge on any atom is 0.221 e. The molecule has 1 aromatic rings. The number of hydrogen-bond acceptors (Lipinski definition) is 4. The summed E-state index contributed by atoms with van der Waals surface area (Å²) >= 11 is 0. The van der Waals surface area contributed by atoms with E-state index < -0.39 is 0 Å². The van der Waals surface area contributed by atoms with Gasteiger partial charge >= 0.3 is 0 Å². The Bertz CT molecular complexity index is 651. The zero-order valence-corrected chi connectivity index (χ0v) is 19.1. The minimum absolute atomic E-state index is 0.129. The van der Waals surface area contributed by atoms with Crippen LogP contribution in [-0.2, 0) is 11.3 Å². The number of aliphatic imine (C=N–C) groups is 1. The third-order valence-electron chi connectivity index (χ3n) is 4.55. The summed E-state index contributed by atoms with van der Waals surface area (Å²) in [6, 6.07) is 6.80. The van der Waals surface area contributed by atoms with Crippen molar-refractivity contribution in [2.75, 3.05) is 32.1 Å². The lowest BCUT2D eigenvalue weighted by atomic mass is 10.2. The maximum atomic E-state index is 11.4. The summed E-state index contributed by atoms with van der Waals surface area (Å²) in [6.45, 7) is 15.7. The summed E-state index contributed by atoms with van der Waals surface area (Å²) in [5.41, 5.74) is 1.66. The van der Waals surface area contributed by atoms with Gasteiger partial charge in [-0.1, -0.05) is 6.07 Å². The Morgan fingerprint density at radius 3 is 2.41 bits per heavy atom. The molecule has 0 aromatic heterocycles. The summed E-state index contributed by atoms with van der Waals surface area (Å²) in [5.74, 6) is 1.30. The Morgan fingerprint density at radius 2 is 1.86 bits per heavy atom. The number of methoxy groups -OCH3 is 1. The third-order valence-corrected chi connectivity index (χ3v) is 4.55. The Labute approximate surface area is 176 Å². The lowest BCUT2D eigenvalue weighted by Crippen LogP contribution is -2.41. The quantitative estimate of drug-likeness (QED) is 0.299. The van der Waals surface area contributed by atoms with Crippen LogP contribution in [0.25, 0.3) is 0 Å². The summed E-state index contributed by atoms with van der Waals surface area (Å²) in [6.07, 6.45) is 1.05.